The first-order valence-electron chi connectivity index (χ1n) is 8.35. The Bertz CT molecular complexity index is 247. The Balaban J connectivity index is 3.99. The van der Waals surface area contributed by atoms with Crippen LogP contribution in [0.25, 0.3) is 0 Å². The molecule has 0 saturated carbocycles. The summed E-state index contributed by atoms with van der Waals surface area (Å²) in [5, 5.41) is 18.6. The van der Waals surface area contributed by atoms with Gasteiger partial charge in [-0.3, -0.25) is 0 Å². The highest BCUT2D eigenvalue weighted by atomic mass is 16.6. The summed E-state index contributed by atoms with van der Waals surface area (Å²) >= 11 is 0. The van der Waals surface area contributed by atoms with Crippen molar-refractivity contribution in [2.24, 2.45) is 5.92 Å². The maximum atomic E-state index is 9.36. The zero-order chi connectivity index (χ0) is 16.6. The molecule has 5 heteroatoms. The second kappa shape index (κ2) is 15.4. The van der Waals surface area contributed by atoms with E-state index in [-0.39, 0.29) is 19.8 Å². The van der Waals surface area contributed by atoms with Gasteiger partial charge in [0, 0.05) is 6.61 Å². The van der Waals surface area contributed by atoms with E-state index >= 15 is 0 Å². The van der Waals surface area contributed by atoms with Gasteiger partial charge in [-0.2, -0.15) is 0 Å². The lowest BCUT2D eigenvalue weighted by molar-refractivity contribution is -0.115. The minimum absolute atomic E-state index is 0.135. The van der Waals surface area contributed by atoms with Crippen LogP contribution in [0, 0.1) is 5.92 Å². The molecule has 0 aromatic carbocycles. The number of aliphatic hydroxyl groups excluding tert-OH is 2. The first kappa shape index (κ1) is 21.5. The Morgan fingerprint density at radius 2 is 1.64 bits per heavy atom. The lowest BCUT2D eigenvalue weighted by atomic mass is 10.0. The highest BCUT2D eigenvalue weighted by molar-refractivity contribution is 4.66. The zero-order valence-corrected chi connectivity index (χ0v) is 14.2. The molecule has 0 spiro atoms. The molecule has 3 atom stereocenters. The molecule has 3 unspecified atom stereocenters. The summed E-state index contributed by atoms with van der Waals surface area (Å²) in [6.07, 6.45) is 5.43. The average Bonchev–Trinajstić information content (AvgIpc) is 2.55. The van der Waals surface area contributed by atoms with Crippen molar-refractivity contribution >= 4 is 0 Å². The van der Waals surface area contributed by atoms with E-state index in [2.05, 4.69) is 20.4 Å². The van der Waals surface area contributed by atoms with Crippen molar-refractivity contribution in [1.82, 2.24) is 0 Å². The molecule has 0 aliphatic carbocycles. The molecular weight excluding hydrogens is 284 g/mol. The van der Waals surface area contributed by atoms with Crippen molar-refractivity contribution < 1.29 is 24.4 Å². The highest BCUT2D eigenvalue weighted by Gasteiger charge is 2.17. The summed E-state index contributed by atoms with van der Waals surface area (Å²) in [5.74, 6) is 0.559. The Labute approximate surface area is 135 Å². The van der Waals surface area contributed by atoms with Gasteiger partial charge in [-0.25, -0.2) is 0 Å². The Morgan fingerprint density at radius 1 is 1.00 bits per heavy atom. The van der Waals surface area contributed by atoms with Crippen molar-refractivity contribution in [3.8, 4) is 0 Å². The van der Waals surface area contributed by atoms with Crippen LogP contribution >= 0.6 is 0 Å². The van der Waals surface area contributed by atoms with E-state index < -0.39 is 12.2 Å². The van der Waals surface area contributed by atoms with Crippen LogP contribution in [0.15, 0.2) is 12.7 Å². The summed E-state index contributed by atoms with van der Waals surface area (Å²) in [5.41, 5.74) is 0. The molecule has 0 amide bonds. The van der Waals surface area contributed by atoms with Crippen molar-refractivity contribution in [2.75, 3.05) is 39.6 Å². The largest absolute Gasteiger partial charge is 0.394 e. The van der Waals surface area contributed by atoms with Gasteiger partial charge in [-0.05, 0) is 12.3 Å². The van der Waals surface area contributed by atoms with Crippen LogP contribution in [-0.2, 0) is 14.2 Å². The van der Waals surface area contributed by atoms with Gasteiger partial charge in [0.15, 0.2) is 0 Å². The Kier molecular flexibility index (Phi) is 15.1. The molecule has 0 bridgehead atoms. The van der Waals surface area contributed by atoms with Gasteiger partial charge < -0.3 is 24.4 Å². The molecule has 0 fully saturated rings. The molecule has 0 aliphatic rings. The third-order valence-corrected chi connectivity index (χ3v) is 3.53. The van der Waals surface area contributed by atoms with Crippen molar-refractivity contribution in [2.45, 2.75) is 51.7 Å². The fourth-order valence-corrected chi connectivity index (χ4v) is 2.09. The highest BCUT2D eigenvalue weighted by Crippen LogP contribution is 2.13. The fourth-order valence-electron chi connectivity index (χ4n) is 2.09. The number of rotatable bonds is 16. The topological polar surface area (TPSA) is 68.2 Å². The van der Waals surface area contributed by atoms with Gasteiger partial charge in [0.2, 0.25) is 0 Å². The maximum Gasteiger partial charge on any atom is 0.104 e. The van der Waals surface area contributed by atoms with Gasteiger partial charge in [-0.1, -0.05) is 39.2 Å². The molecule has 0 radical (unpaired) electrons. The molecule has 22 heavy (non-hydrogen) atoms. The van der Waals surface area contributed by atoms with Crippen LogP contribution in [0.3, 0.4) is 0 Å². The van der Waals surface area contributed by atoms with Crippen LogP contribution in [-0.4, -0.2) is 62.1 Å². The van der Waals surface area contributed by atoms with Gasteiger partial charge in [0.1, 0.15) is 12.2 Å². The minimum Gasteiger partial charge on any atom is -0.394 e. The van der Waals surface area contributed by atoms with E-state index in [1.165, 1.54) is 19.3 Å². The number of hydrogen-bond acceptors (Lipinski definition) is 5. The summed E-state index contributed by atoms with van der Waals surface area (Å²) in [4.78, 5) is 0. The third-order valence-electron chi connectivity index (χ3n) is 3.53. The molecule has 5 nitrogen and oxygen atoms in total. The molecule has 0 saturated heterocycles. The minimum atomic E-state index is -0.456. The summed E-state index contributed by atoms with van der Waals surface area (Å²) in [7, 11) is 0. The van der Waals surface area contributed by atoms with Crippen molar-refractivity contribution in [3.05, 3.63) is 12.7 Å². The van der Waals surface area contributed by atoms with E-state index in [9.17, 15) is 10.2 Å². The number of ether oxygens (including phenoxy) is 3. The van der Waals surface area contributed by atoms with Gasteiger partial charge >= 0.3 is 0 Å². The van der Waals surface area contributed by atoms with Crippen molar-refractivity contribution in [1.29, 1.82) is 0 Å². The first-order chi connectivity index (χ1) is 10.7. The predicted molar refractivity (Wildman–Crippen MR) is 88.0 cm³/mol. The molecule has 0 aliphatic heterocycles. The van der Waals surface area contributed by atoms with Crippen LogP contribution in [0.2, 0.25) is 0 Å². The molecule has 2 N–H and O–H groups in total. The maximum absolute atomic E-state index is 9.36. The zero-order valence-electron chi connectivity index (χ0n) is 14.2. The molecule has 0 aromatic rings. The lowest BCUT2D eigenvalue weighted by Gasteiger charge is -2.23. The Hall–Kier alpha value is -0.460. The standard InChI is InChI=1S/C17H34O5/c1-4-7-8-15(6-3)12-21-14-17(11-19)22-16(10-18)13-20-9-5-2/h5,15-19H,2,4,6-14H2,1,3H3. The van der Waals surface area contributed by atoms with E-state index in [4.69, 9.17) is 14.2 Å². The average molecular weight is 318 g/mol. The van der Waals surface area contributed by atoms with Gasteiger partial charge in [0.05, 0.1) is 33.0 Å². The molecule has 132 valence electrons. The van der Waals surface area contributed by atoms with Gasteiger partial charge in [-0.15, -0.1) is 6.58 Å². The third kappa shape index (κ3) is 11.2. The first-order valence-corrected chi connectivity index (χ1v) is 8.35. The van der Waals surface area contributed by atoms with Gasteiger partial charge in [0.25, 0.3) is 0 Å². The number of unbranched alkanes of at least 4 members (excludes halogenated alkanes) is 1. The monoisotopic (exact) mass is 318 g/mol. The normalized spacial score (nSPS) is 15.5. The van der Waals surface area contributed by atoms with E-state index in [1.54, 1.807) is 6.08 Å². The molecule has 0 rings (SSSR count). The van der Waals surface area contributed by atoms with E-state index in [0.717, 1.165) is 6.42 Å². The van der Waals surface area contributed by atoms with E-state index in [1.807, 2.05) is 0 Å². The summed E-state index contributed by atoms with van der Waals surface area (Å²) in [6, 6.07) is 0. The Morgan fingerprint density at radius 3 is 2.14 bits per heavy atom. The second-order valence-corrected chi connectivity index (χ2v) is 5.53. The SMILES string of the molecule is C=CCOCC(CO)OC(CO)COCC(CC)CCCC. The lowest BCUT2D eigenvalue weighted by Crippen LogP contribution is -2.34. The predicted octanol–water partition coefficient (Wildman–Crippen LogP) is 2.16. The summed E-state index contributed by atoms with van der Waals surface area (Å²) in [6.45, 7) is 9.33. The number of hydrogen-bond donors (Lipinski definition) is 2. The van der Waals surface area contributed by atoms with Crippen LogP contribution in [0.4, 0.5) is 0 Å². The van der Waals surface area contributed by atoms with E-state index in [0.29, 0.717) is 25.7 Å². The smallest absolute Gasteiger partial charge is 0.104 e. The molecular formula is C17H34O5. The van der Waals surface area contributed by atoms with Crippen LogP contribution < -0.4 is 0 Å². The van der Waals surface area contributed by atoms with Crippen LogP contribution in [0.5, 0.6) is 0 Å². The second-order valence-electron chi connectivity index (χ2n) is 5.53. The summed E-state index contributed by atoms with van der Waals surface area (Å²) < 4.78 is 16.6. The molecule has 0 aromatic heterocycles. The van der Waals surface area contributed by atoms with Crippen molar-refractivity contribution in [3.63, 3.8) is 0 Å². The van der Waals surface area contributed by atoms with Crippen LogP contribution in [0.1, 0.15) is 39.5 Å². The molecule has 0 heterocycles. The fraction of sp³-hybridized carbons (Fsp3) is 0.882. The number of aliphatic hydroxyl groups is 2. The quantitative estimate of drug-likeness (QED) is 0.337.